The Morgan fingerprint density at radius 1 is 1.10 bits per heavy atom. The first-order chi connectivity index (χ1) is 9.84. The van der Waals surface area contributed by atoms with Crippen LogP contribution in [0.4, 0.5) is 0 Å². The normalized spacial score (nSPS) is 30.5. The molecular weight excluding hydrogens is 256 g/mol. The Bertz CT molecular complexity index is 327. The van der Waals surface area contributed by atoms with Gasteiger partial charge < -0.3 is 10.1 Å². The van der Waals surface area contributed by atoms with E-state index in [0.29, 0.717) is 19.3 Å². The van der Waals surface area contributed by atoms with E-state index >= 15 is 0 Å². The van der Waals surface area contributed by atoms with Crippen LogP contribution in [0.3, 0.4) is 0 Å². The van der Waals surface area contributed by atoms with Gasteiger partial charge in [0.05, 0.1) is 19.3 Å². The summed E-state index contributed by atoms with van der Waals surface area (Å²) in [5.74, 6) is 0.183. The van der Waals surface area contributed by atoms with Crippen LogP contribution in [0.25, 0.3) is 0 Å². The lowest BCUT2D eigenvalue weighted by Gasteiger charge is -2.36. The van der Waals surface area contributed by atoms with E-state index in [0.717, 1.165) is 45.6 Å². The second-order valence-electron chi connectivity index (χ2n) is 5.95. The van der Waals surface area contributed by atoms with Crippen molar-refractivity contribution in [3.63, 3.8) is 0 Å². The predicted molar refractivity (Wildman–Crippen MR) is 76.2 cm³/mol. The Labute approximate surface area is 120 Å². The van der Waals surface area contributed by atoms with Crippen LogP contribution in [0.2, 0.25) is 0 Å². The maximum Gasteiger partial charge on any atom is 0.251 e. The molecule has 0 aliphatic carbocycles. The van der Waals surface area contributed by atoms with Crippen LogP contribution >= 0.6 is 0 Å². The summed E-state index contributed by atoms with van der Waals surface area (Å²) in [6, 6.07) is 0.653. The molecule has 1 unspecified atom stereocenters. The fourth-order valence-electron chi connectivity index (χ4n) is 3.55. The summed E-state index contributed by atoms with van der Waals surface area (Å²) in [5.41, 5.74) is 3.09. The van der Waals surface area contributed by atoms with Gasteiger partial charge in [-0.2, -0.15) is 0 Å². The molecule has 0 radical (unpaired) electrons. The van der Waals surface area contributed by atoms with Crippen LogP contribution < -0.4 is 10.7 Å². The van der Waals surface area contributed by atoms with Gasteiger partial charge in [0.1, 0.15) is 0 Å². The van der Waals surface area contributed by atoms with Gasteiger partial charge in [0.15, 0.2) is 0 Å². The van der Waals surface area contributed by atoms with Crippen molar-refractivity contribution in [2.24, 2.45) is 0 Å². The Kier molecular flexibility index (Phi) is 4.88. The van der Waals surface area contributed by atoms with Gasteiger partial charge in [-0.25, -0.2) is 5.01 Å². The van der Waals surface area contributed by atoms with Crippen LogP contribution in [0, 0.1) is 0 Å². The highest BCUT2D eigenvalue weighted by molar-refractivity contribution is 5.81. The third kappa shape index (κ3) is 3.31. The van der Waals surface area contributed by atoms with Crippen LogP contribution in [-0.2, 0) is 9.53 Å². The second-order valence-corrected chi connectivity index (χ2v) is 5.95. The highest BCUT2D eigenvalue weighted by Crippen LogP contribution is 2.24. The number of piperidine rings is 1. The molecule has 6 nitrogen and oxygen atoms in total. The fraction of sp³-hybridized carbons (Fsp3) is 0.929. The predicted octanol–water partition coefficient (Wildman–Crippen LogP) is -0.434. The lowest BCUT2D eigenvalue weighted by atomic mass is 10.0. The number of ether oxygens (including phenoxy) is 1. The topological polar surface area (TPSA) is 56.8 Å². The van der Waals surface area contributed by atoms with Crippen molar-refractivity contribution in [2.75, 3.05) is 45.9 Å². The van der Waals surface area contributed by atoms with Crippen molar-refractivity contribution in [3.8, 4) is 0 Å². The van der Waals surface area contributed by atoms with Gasteiger partial charge in [-0.05, 0) is 45.3 Å². The number of amides is 1. The number of hydrazine groups is 1. The SMILES string of the molecule is O=C(NN1CCOCC1)C1CCCN1C1CCNCC1. The van der Waals surface area contributed by atoms with E-state index in [1.54, 1.807) is 0 Å². The monoisotopic (exact) mass is 282 g/mol. The molecule has 3 rings (SSSR count). The molecule has 6 heteroatoms. The summed E-state index contributed by atoms with van der Waals surface area (Å²) in [6.07, 6.45) is 4.48. The van der Waals surface area contributed by atoms with E-state index in [1.807, 2.05) is 5.01 Å². The number of rotatable bonds is 3. The minimum Gasteiger partial charge on any atom is -0.379 e. The highest BCUT2D eigenvalue weighted by Gasteiger charge is 2.36. The molecule has 114 valence electrons. The van der Waals surface area contributed by atoms with Crippen molar-refractivity contribution in [3.05, 3.63) is 0 Å². The fourth-order valence-corrected chi connectivity index (χ4v) is 3.55. The smallest absolute Gasteiger partial charge is 0.251 e. The van der Waals surface area contributed by atoms with Crippen molar-refractivity contribution in [2.45, 2.75) is 37.8 Å². The molecule has 3 heterocycles. The van der Waals surface area contributed by atoms with Crippen LogP contribution in [0.15, 0.2) is 0 Å². The van der Waals surface area contributed by atoms with Crippen LogP contribution in [0.5, 0.6) is 0 Å². The number of carbonyl (C=O) groups is 1. The minimum atomic E-state index is 0.0703. The van der Waals surface area contributed by atoms with Gasteiger partial charge in [0.25, 0.3) is 5.91 Å². The summed E-state index contributed by atoms with van der Waals surface area (Å²) in [4.78, 5) is 15.0. The lowest BCUT2D eigenvalue weighted by molar-refractivity contribution is -0.133. The second kappa shape index (κ2) is 6.85. The maximum absolute atomic E-state index is 12.5. The molecule has 3 aliphatic heterocycles. The molecule has 0 aromatic carbocycles. The van der Waals surface area contributed by atoms with Gasteiger partial charge >= 0.3 is 0 Å². The third-order valence-electron chi connectivity index (χ3n) is 4.65. The van der Waals surface area contributed by atoms with E-state index in [4.69, 9.17) is 4.74 Å². The Balaban J connectivity index is 1.55. The average molecular weight is 282 g/mol. The van der Waals surface area contributed by atoms with Gasteiger partial charge in [-0.3, -0.25) is 15.1 Å². The number of morpholine rings is 1. The average Bonchev–Trinajstić information content (AvgIpc) is 2.99. The molecule has 0 aromatic rings. The summed E-state index contributed by atoms with van der Waals surface area (Å²) in [6.45, 7) is 6.26. The summed E-state index contributed by atoms with van der Waals surface area (Å²) < 4.78 is 5.31. The summed E-state index contributed by atoms with van der Waals surface area (Å²) >= 11 is 0. The minimum absolute atomic E-state index is 0.0703. The number of likely N-dealkylation sites (tertiary alicyclic amines) is 1. The summed E-state index contributed by atoms with van der Waals surface area (Å²) in [5, 5.41) is 5.40. The molecule has 3 fully saturated rings. The van der Waals surface area contributed by atoms with Crippen molar-refractivity contribution >= 4 is 5.91 Å². The Morgan fingerprint density at radius 2 is 1.85 bits per heavy atom. The largest absolute Gasteiger partial charge is 0.379 e. The zero-order valence-corrected chi connectivity index (χ0v) is 12.1. The van der Waals surface area contributed by atoms with Crippen LogP contribution in [0.1, 0.15) is 25.7 Å². The van der Waals surface area contributed by atoms with E-state index in [2.05, 4.69) is 15.6 Å². The molecule has 0 spiro atoms. The lowest BCUT2D eigenvalue weighted by Crippen LogP contribution is -2.56. The third-order valence-corrected chi connectivity index (χ3v) is 4.65. The first kappa shape index (κ1) is 14.3. The van der Waals surface area contributed by atoms with E-state index in [9.17, 15) is 4.79 Å². The van der Waals surface area contributed by atoms with Crippen LogP contribution in [-0.4, -0.2) is 73.8 Å². The molecular formula is C14H26N4O2. The van der Waals surface area contributed by atoms with Crippen molar-refractivity contribution in [1.82, 2.24) is 20.7 Å². The summed E-state index contributed by atoms with van der Waals surface area (Å²) in [7, 11) is 0. The molecule has 3 saturated heterocycles. The first-order valence-electron chi connectivity index (χ1n) is 7.94. The first-order valence-corrected chi connectivity index (χ1v) is 7.94. The number of hydrogen-bond acceptors (Lipinski definition) is 5. The number of carbonyl (C=O) groups excluding carboxylic acids is 1. The van der Waals surface area contributed by atoms with Crippen molar-refractivity contribution < 1.29 is 9.53 Å². The molecule has 3 aliphatic rings. The quantitative estimate of drug-likeness (QED) is 0.735. The molecule has 0 bridgehead atoms. The highest BCUT2D eigenvalue weighted by atomic mass is 16.5. The standard InChI is InChI=1S/C14H26N4O2/c19-14(16-17-8-10-20-11-9-17)13-2-1-7-18(13)12-3-5-15-6-4-12/h12-13,15H,1-11H2,(H,16,19). The maximum atomic E-state index is 12.5. The number of nitrogens with zero attached hydrogens (tertiary/aromatic N) is 2. The van der Waals surface area contributed by atoms with Gasteiger partial charge in [0, 0.05) is 19.1 Å². The molecule has 2 N–H and O–H groups in total. The molecule has 1 amide bonds. The van der Waals surface area contributed by atoms with E-state index in [1.165, 1.54) is 12.8 Å². The van der Waals surface area contributed by atoms with E-state index in [-0.39, 0.29) is 11.9 Å². The van der Waals surface area contributed by atoms with Gasteiger partial charge in [-0.1, -0.05) is 0 Å². The number of hydrogen-bond donors (Lipinski definition) is 2. The zero-order chi connectivity index (χ0) is 13.8. The molecule has 0 saturated carbocycles. The molecule has 1 atom stereocenters. The number of nitrogens with one attached hydrogen (secondary N) is 2. The Morgan fingerprint density at radius 3 is 2.60 bits per heavy atom. The van der Waals surface area contributed by atoms with E-state index < -0.39 is 0 Å². The zero-order valence-electron chi connectivity index (χ0n) is 12.1. The van der Waals surface area contributed by atoms with Crippen molar-refractivity contribution in [1.29, 1.82) is 0 Å². The molecule has 0 aromatic heterocycles. The van der Waals surface area contributed by atoms with Gasteiger partial charge in [-0.15, -0.1) is 0 Å². The molecule has 20 heavy (non-hydrogen) atoms. The van der Waals surface area contributed by atoms with Gasteiger partial charge in [0.2, 0.25) is 0 Å². The Hall–Kier alpha value is -0.690.